The van der Waals surface area contributed by atoms with Gasteiger partial charge in [-0.25, -0.2) is 4.79 Å². The molecule has 0 atom stereocenters. The number of amides is 2. The van der Waals surface area contributed by atoms with Gasteiger partial charge >= 0.3 is 6.03 Å². The summed E-state index contributed by atoms with van der Waals surface area (Å²) in [4.78, 5) is 14.2. The first-order chi connectivity index (χ1) is 9.20. The molecule has 1 saturated heterocycles. The highest BCUT2D eigenvalue weighted by molar-refractivity contribution is 5.91. The van der Waals surface area contributed by atoms with Crippen molar-refractivity contribution in [2.75, 3.05) is 25.5 Å². The normalized spacial score (nSPS) is 15.8. The number of nitrogens with one attached hydrogen (secondary N) is 1. The fourth-order valence-electron chi connectivity index (χ4n) is 2.39. The predicted octanol–water partition coefficient (Wildman–Crippen LogP) is 3.41. The van der Waals surface area contributed by atoms with E-state index in [-0.39, 0.29) is 6.03 Å². The van der Waals surface area contributed by atoms with Crippen LogP contribution in [0.15, 0.2) is 18.2 Å². The van der Waals surface area contributed by atoms with E-state index in [2.05, 4.69) is 5.32 Å². The van der Waals surface area contributed by atoms with Crippen LogP contribution in [-0.2, 0) is 0 Å². The lowest BCUT2D eigenvalue weighted by Crippen LogP contribution is -2.35. The standard InChI is InChI=1S/C15H22N2O2/c1-12-7-8-14(19-2)13(11-12)16-15(18)17-9-5-3-4-6-10-17/h7-8,11H,3-6,9-10H2,1-2H3,(H,16,18). The van der Waals surface area contributed by atoms with E-state index in [1.807, 2.05) is 30.0 Å². The third-order valence-electron chi connectivity index (χ3n) is 3.49. The van der Waals surface area contributed by atoms with Gasteiger partial charge in [-0.3, -0.25) is 0 Å². The molecule has 1 heterocycles. The number of benzene rings is 1. The van der Waals surface area contributed by atoms with Crippen LogP contribution in [0.4, 0.5) is 10.5 Å². The van der Waals surface area contributed by atoms with Crippen LogP contribution in [0.1, 0.15) is 31.2 Å². The molecule has 1 aromatic carbocycles. The quantitative estimate of drug-likeness (QED) is 0.887. The predicted molar refractivity (Wildman–Crippen MR) is 76.8 cm³/mol. The average molecular weight is 262 g/mol. The summed E-state index contributed by atoms with van der Waals surface area (Å²) in [5, 5.41) is 2.96. The van der Waals surface area contributed by atoms with E-state index in [1.165, 1.54) is 12.8 Å². The molecule has 2 amide bonds. The smallest absolute Gasteiger partial charge is 0.321 e. The lowest BCUT2D eigenvalue weighted by atomic mass is 10.2. The average Bonchev–Trinajstić information content (AvgIpc) is 2.68. The third-order valence-corrected chi connectivity index (χ3v) is 3.49. The van der Waals surface area contributed by atoms with Crippen molar-refractivity contribution in [3.63, 3.8) is 0 Å². The van der Waals surface area contributed by atoms with Crippen molar-refractivity contribution >= 4 is 11.7 Å². The van der Waals surface area contributed by atoms with Crippen LogP contribution < -0.4 is 10.1 Å². The second kappa shape index (κ2) is 6.45. The summed E-state index contributed by atoms with van der Waals surface area (Å²) in [5.41, 5.74) is 1.85. The van der Waals surface area contributed by atoms with E-state index >= 15 is 0 Å². The van der Waals surface area contributed by atoms with Gasteiger partial charge in [-0.05, 0) is 37.5 Å². The summed E-state index contributed by atoms with van der Waals surface area (Å²) < 4.78 is 5.28. The van der Waals surface area contributed by atoms with Gasteiger partial charge in [0.1, 0.15) is 5.75 Å². The molecule has 1 fully saturated rings. The molecule has 19 heavy (non-hydrogen) atoms. The van der Waals surface area contributed by atoms with Crippen LogP contribution in [0.2, 0.25) is 0 Å². The SMILES string of the molecule is COc1ccc(C)cc1NC(=O)N1CCCCCC1. The van der Waals surface area contributed by atoms with Crippen LogP contribution >= 0.6 is 0 Å². The Balaban J connectivity index is 2.07. The van der Waals surface area contributed by atoms with Crippen molar-refractivity contribution in [1.29, 1.82) is 0 Å². The number of carbonyl (C=O) groups excluding carboxylic acids is 1. The molecule has 1 aliphatic heterocycles. The first kappa shape index (κ1) is 13.7. The number of likely N-dealkylation sites (tertiary alicyclic amines) is 1. The van der Waals surface area contributed by atoms with Crippen molar-refractivity contribution in [2.24, 2.45) is 0 Å². The Hall–Kier alpha value is -1.71. The molecule has 0 saturated carbocycles. The Morgan fingerprint density at radius 3 is 2.53 bits per heavy atom. The minimum atomic E-state index is -0.0224. The maximum Gasteiger partial charge on any atom is 0.321 e. The number of hydrogen-bond donors (Lipinski definition) is 1. The second-order valence-electron chi connectivity index (χ2n) is 5.04. The summed E-state index contributed by atoms with van der Waals surface area (Å²) in [7, 11) is 1.62. The maximum atomic E-state index is 12.3. The zero-order valence-electron chi connectivity index (χ0n) is 11.7. The lowest BCUT2D eigenvalue weighted by molar-refractivity contribution is 0.213. The first-order valence-electron chi connectivity index (χ1n) is 6.91. The van der Waals surface area contributed by atoms with Gasteiger partial charge in [0, 0.05) is 13.1 Å². The van der Waals surface area contributed by atoms with Gasteiger partial charge < -0.3 is 15.0 Å². The number of ether oxygens (including phenoxy) is 1. The molecular formula is C15H22N2O2. The number of methoxy groups -OCH3 is 1. The highest BCUT2D eigenvalue weighted by Gasteiger charge is 2.16. The third kappa shape index (κ3) is 3.63. The van der Waals surface area contributed by atoms with Crippen molar-refractivity contribution in [1.82, 2.24) is 4.90 Å². The van der Waals surface area contributed by atoms with Gasteiger partial charge in [-0.2, -0.15) is 0 Å². The minimum Gasteiger partial charge on any atom is -0.495 e. The van der Waals surface area contributed by atoms with E-state index in [1.54, 1.807) is 7.11 Å². The molecule has 1 aliphatic rings. The van der Waals surface area contributed by atoms with Crippen LogP contribution in [0.25, 0.3) is 0 Å². The van der Waals surface area contributed by atoms with Crippen LogP contribution in [0.3, 0.4) is 0 Å². The largest absolute Gasteiger partial charge is 0.495 e. The topological polar surface area (TPSA) is 41.6 Å². The Bertz CT molecular complexity index is 438. The molecule has 104 valence electrons. The van der Waals surface area contributed by atoms with Crippen molar-refractivity contribution in [2.45, 2.75) is 32.6 Å². The van der Waals surface area contributed by atoms with E-state index in [4.69, 9.17) is 4.74 Å². The van der Waals surface area contributed by atoms with Crippen LogP contribution in [0.5, 0.6) is 5.75 Å². The lowest BCUT2D eigenvalue weighted by Gasteiger charge is -2.21. The molecule has 1 aromatic rings. The summed E-state index contributed by atoms with van der Waals surface area (Å²) >= 11 is 0. The highest BCUT2D eigenvalue weighted by Crippen LogP contribution is 2.25. The van der Waals surface area contributed by atoms with Gasteiger partial charge in [-0.1, -0.05) is 18.9 Å². The summed E-state index contributed by atoms with van der Waals surface area (Å²) in [6.07, 6.45) is 4.63. The number of rotatable bonds is 2. The Kier molecular flexibility index (Phi) is 4.66. The highest BCUT2D eigenvalue weighted by atomic mass is 16.5. The number of nitrogens with zero attached hydrogens (tertiary/aromatic N) is 1. The molecule has 0 aromatic heterocycles. The summed E-state index contributed by atoms with van der Waals surface area (Å²) in [5.74, 6) is 0.703. The second-order valence-corrected chi connectivity index (χ2v) is 5.04. The Labute approximate surface area is 114 Å². The summed E-state index contributed by atoms with van der Waals surface area (Å²) in [6.45, 7) is 3.70. The molecule has 0 aliphatic carbocycles. The molecule has 2 rings (SSSR count). The molecule has 4 nitrogen and oxygen atoms in total. The fraction of sp³-hybridized carbons (Fsp3) is 0.533. The van der Waals surface area contributed by atoms with Gasteiger partial charge in [-0.15, -0.1) is 0 Å². The molecular weight excluding hydrogens is 240 g/mol. The number of aryl methyl sites for hydroxylation is 1. The van der Waals surface area contributed by atoms with Gasteiger partial charge in [0.25, 0.3) is 0 Å². The molecule has 4 heteroatoms. The monoisotopic (exact) mass is 262 g/mol. The van der Waals surface area contributed by atoms with E-state index in [9.17, 15) is 4.79 Å². The van der Waals surface area contributed by atoms with Gasteiger partial charge in [0.15, 0.2) is 0 Å². The molecule has 0 spiro atoms. The van der Waals surface area contributed by atoms with E-state index in [0.717, 1.165) is 37.2 Å². The van der Waals surface area contributed by atoms with Crippen LogP contribution in [0, 0.1) is 6.92 Å². The number of hydrogen-bond acceptors (Lipinski definition) is 2. The minimum absolute atomic E-state index is 0.0224. The zero-order valence-corrected chi connectivity index (χ0v) is 11.7. The number of carbonyl (C=O) groups is 1. The van der Waals surface area contributed by atoms with Crippen molar-refractivity contribution < 1.29 is 9.53 Å². The van der Waals surface area contributed by atoms with Gasteiger partial charge in [0.2, 0.25) is 0 Å². The van der Waals surface area contributed by atoms with Crippen molar-refractivity contribution in [3.05, 3.63) is 23.8 Å². The Morgan fingerprint density at radius 1 is 1.21 bits per heavy atom. The van der Waals surface area contributed by atoms with E-state index in [0.29, 0.717) is 5.75 Å². The zero-order chi connectivity index (χ0) is 13.7. The van der Waals surface area contributed by atoms with Crippen LogP contribution in [-0.4, -0.2) is 31.1 Å². The molecule has 0 bridgehead atoms. The number of urea groups is 1. The molecule has 0 unspecified atom stereocenters. The van der Waals surface area contributed by atoms with Crippen molar-refractivity contribution in [3.8, 4) is 5.75 Å². The first-order valence-corrected chi connectivity index (χ1v) is 6.91. The fourth-order valence-corrected chi connectivity index (χ4v) is 2.39. The van der Waals surface area contributed by atoms with Gasteiger partial charge in [0.05, 0.1) is 12.8 Å². The summed E-state index contributed by atoms with van der Waals surface area (Å²) in [6, 6.07) is 5.77. The number of anilines is 1. The van der Waals surface area contributed by atoms with E-state index < -0.39 is 0 Å². The molecule has 0 radical (unpaired) electrons. The Morgan fingerprint density at radius 2 is 1.89 bits per heavy atom. The molecule has 1 N–H and O–H groups in total. The maximum absolute atomic E-state index is 12.3.